The fourth-order valence-corrected chi connectivity index (χ4v) is 0.967. The van der Waals surface area contributed by atoms with Crippen molar-refractivity contribution in [3.63, 3.8) is 0 Å². The van der Waals surface area contributed by atoms with Crippen LogP contribution in [0.15, 0.2) is 24.3 Å². The summed E-state index contributed by atoms with van der Waals surface area (Å²) in [5.74, 6) is 0. The predicted octanol–water partition coefficient (Wildman–Crippen LogP) is 2.79. The molecule has 1 rings (SSSR count). The second kappa shape index (κ2) is 3.59. The number of benzene rings is 1. The van der Waals surface area contributed by atoms with Crippen molar-refractivity contribution in [2.45, 2.75) is 6.92 Å². The van der Waals surface area contributed by atoms with Gasteiger partial charge in [0.1, 0.15) is 0 Å². The van der Waals surface area contributed by atoms with Gasteiger partial charge in [0.2, 0.25) is 0 Å². The summed E-state index contributed by atoms with van der Waals surface area (Å²) in [5, 5.41) is -0.473. The number of rotatable bonds is 1. The van der Waals surface area contributed by atoms with Gasteiger partial charge in [-0.05, 0) is 30.7 Å². The number of carbonyl (C=O) groups excluding carboxylic acids is 1. The van der Waals surface area contributed by atoms with E-state index >= 15 is 0 Å². The van der Waals surface area contributed by atoms with Crippen LogP contribution in [0.4, 0.5) is 10.5 Å². The number of amides is 1. The van der Waals surface area contributed by atoms with E-state index in [1.807, 2.05) is 31.2 Å². The smallest absolute Gasteiger partial charge is 0.302 e. The van der Waals surface area contributed by atoms with Crippen molar-refractivity contribution < 1.29 is 4.79 Å². The van der Waals surface area contributed by atoms with Gasteiger partial charge in [-0.1, -0.05) is 17.7 Å². The lowest BCUT2D eigenvalue weighted by Gasteiger charge is -2.12. The van der Waals surface area contributed by atoms with Crippen molar-refractivity contribution in [2.24, 2.45) is 0 Å². The molecule has 3 heteroatoms. The van der Waals surface area contributed by atoms with E-state index in [2.05, 4.69) is 0 Å². The molecule has 0 radical (unpaired) electrons. The first-order chi connectivity index (χ1) is 5.61. The number of hydrogen-bond acceptors (Lipinski definition) is 1. The topological polar surface area (TPSA) is 20.3 Å². The molecule has 0 bridgehead atoms. The average Bonchev–Trinajstić information content (AvgIpc) is 2.04. The molecule has 12 heavy (non-hydrogen) atoms. The maximum Gasteiger partial charge on any atom is 0.320 e. The van der Waals surface area contributed by atoms with Crippen molar-refractivity contribution in [2.75, 3.05) is 11.9 Å². The number of halogens is 1. The minimum atomic E-state index is -0.473. The zero-order valence-electron chi connectivity index (χ0n) is 7.04. The molecule has 0 fully saturated rings. The molecule has 0 spiro atoms. The Kier molecular flexibility index (Phi) is 2.71. The van der Waals surface area contributed by atoms with E-state index in [1.165, 1.54) is 4.90 Å². The highest BCUT2D eigenvalue weighted by atomic mass is 35.5. The Labute approximate surface area is 76.8 Å². The fourth-order valence-electron chi connectivity index (χ4n) is 0.870. The van der Waals surface area contributed by atoms with Crippen LogP contribution in [-0.2, 0) is 0 Å². The summed E-state index contributed by atoms with van der Waals surface area (Å²) in [7, 11) is 1.64. The molecule has 0 N–H and O–H groups in total. The summed E-state index contributed by atoms with van der Waals surface area (Å²) >= 11 is 5.29. The minimum Gasteiger partial charge on any atom is -0.302 e. The van der Waals surface area contributed by atoms with Crippen LogP contribution in [0.1, 0.15) is 5.56 Å². The number of carbonyl (C=O) groups is 1. The van der Waals surface area contributed by atoms with E-state index in [4.69, 9.17) is 11.6 Å². The largest absolute Gasteiger partial charge is 0.320 e. The molecule has 0 unspecified atom stereocenters. The first-order valence-electron chi connectivity index (χ1n) is 3.61. The van der Waals surface area contributed by atoms with Gasteiger partial charge in [-0.25, -0.2) is 0 Å². The molecule has 2 nitrogen and oxygen atoms in total. The van der Waals surface area contributed by atoms with Crippen LogP contribution in [0.2, 0.25) is 0 Å². The molecular formula is C9H10ClNO. The van der Waals surface area contributed by atoms with Gasteiger partial charge < -0.3 is 4.90 Å². The lowest BCUT2D eigenvalue weighted by molar-refractivity contribution is 0.265. The van der Waals surface area contributed by atoms with Crippen LogP contribution in [0.3, 0.4) is 0 Å². The summed E-state index contributed by atoms with van der Waals surface area (Å²) in [5.41, 5.74) is 1.97. The fraction of sp³-hybridized carbons (Fsp3) is 0.222. The highest BCUT2D eigenvalue weighted by molar-refractivity contribution is 6.66. The van der Waals surface area contributed by atoms with Crippen LogP contribution in [0.25, 0.3) is 0 Å². The highest BCUT2D eigenvalue weighted by Crippen LogP contribution is 2.14. The SMILES string of the molecule is Cc1ccc(N(C)C(=O)Cl)cc1. The molecular weight excluding hydrogens is 174 g/mol. The zero-order valence-corrected chi connectivity index (χ0v) is 7.80. The van der Waals surface area contributed by atoms with E-state index in [1.54, 1.807) is 7.05 Å². The van der Waals surface area contributed by atoms with Crippen molar-refractivity contribution in [3.8, 4) is 0 Å². The summed E-state index contributed by atoms with van der Waals surface area (Å²) < 4.78 is 0. The molecule has 0 aliphatic rings. The van der Waals surface area contributed by atoms with Crippen LogP contribution in [0, 0.1) is 6.92 Å². The van der Waals surface area contributed by atoms with Crippen LogP contribution >= 0.6 is 11.6 Å². The molecule has 1 amide bonds. The quantitative estimate of drug-likeness (QED) is 0.484. The third-order valence-corrected chi connectivity index (χ3v) is 1.94. The van der Waals surface area contributed by atoms with E-state index in [0.29, 0.717) is 0 Å². The monoisotopic (exact) mass is 183 g/mol. The molecule has 64 valence electrons. The van der Waals surface area contributed by atoms with Gasteiger partial charge in [-0.15, -0.1) is 0 Å². The van der Waals surface area contributed by atoms with Crippen LogP contribution in [-0.4, -0.2) is 12.4 Å². The Balaban J connectivity index is 2.89. The zero-order chi connectivity index (χ0) is 9.14. The van der Waals surface area contributed by atoms with Gasteiger partial charge in [0, 0.05) is 12.7 Å². The second-order valence-corrected chi connectivity index (χ2v) is 2.97. The predicted molar refractivity (Wildman–Crippen MR) is 50.8 cm³/mol. The number of anilines is 1. The Morgan fingerprint density at radius 1 is 1.33 bits per heavy atom. The van der Waals surface area contributed by atoms with Crippen molar-refractivity contribution in [3.05, 3.63) is 29.8 Å². The standard InChI is InChI=1S/C9H10ClNO/c1-7-3-5-8(6-4-7)11(2)9(10)12/h3-6H,1-2H3. The first kappa shape index (κ1) is 9.07. The van der Waals surface area contributed by atoms with Gasteiger partial charge in [-0.3, -0.25) is 4.79 Å². The Bertz CT molecular complexity index is 281. The summed E-state index contributed by atoms with van der Waals surface area (Å²) in [6.07, 6.45) is 0. The molecule has 1 aromatic carbocycles. The molecule has 1 aromatic rings. The molecule has 0 aromatic heterocycles. The highest BCUT2D eigenvalue weighted by Gasteiger charge is 2.05. The molecule has 0 saturated carbocycles. The number of hydrogen-bond donors (Lipinski definition) is 0. The summed E-state index contributed by atoms with van der Waals surface area (Å²) in [6, 6.07) is 7.59. The Morgan fingerprint density at radius 2 is 1.83 bits per heavy atom. The normalized spacial score (nSPS) is 9.58. The van der Waals surface area contributed by atoms with E-state index in [0.717, 1.165) is 11.3 Å². The van der Waals surface area contributed by atoms with Gasteiger partial charge in [0.15, 0.2) is 0 Å². The average molecular weight is 184 g/mol. The van der Waals surface area contributed by atoms with E-state index in [9.17, 15) is 4.79 Å². The van der Waals surface area contributed by atoms with Gasteiger partial charge in [-0.2, -0.15) is 0 Å². The van der Waals surface area contributed by atoms with Crippen LogP contribution in [0.5, 0.6) is 0 Å². The molecule has 0 heterocycles. The second-order valence-electron chi connectivity index (χ2n) is 2.65. The van der Waals surface area contributed by atoms with Gasteiger partial charge in [0.05, 0.1) is 0 Å². The summed E-state index contributed by atoms with van der Waals surface area (Å²) in [6.45, 7) is 1.99. The van der Waals surface area contributed by atoms with Crippen molar-refractivity contribution >= 4 is 22.7 Å². The Hall–Kier alpha value is -1.02. The lowest BCUT2D eigenvalue weighted by Crippen LogP contribution is -2.19. The van der Waals surface area contributed by atoms with Gasteiger partial charge in [0.25, 0.3) is 0 Å². The lowest BCUT2D eigenvalue weighted by atomic mass is 10.2. The third-order valence-electron chi connectivity index (χ3n) is 1.68. The van der Waals surface area contributed by atoms with Crippen molar-refractivity contribution in [1.29, 1.82) is 0 Å². The number of aryl methyl sites for hydroxylation is 1. The van der Waals surface area contributed by atoms with Gasteiger partial charge >= 0.3 is 5.37 Å². The van der Waals surface area contributed by atoms with E-state index in [-0.39, 0.29) is 0 Å². The minimum absolute atomic E-state index is 0.473. The molecule has 0 aliphatic carbocycles. The first-order valence-corrected chi connectivity index (χ1v) is 3.99. The maximum absolute atomic E-state index is 10.7. The number of nitrogens with zero attached hydrogens (tertiary/aromatic N) is 1. The molecule has 0 atom stereocenters. The van der Waals surface area contributed by atoms with Crippen LogP contribution < -0.4 is 4.90 Å². The maximum atomic E-state index is 10.7. The molecule has 0 saturated heterocycles. The van der Waals surface area contributed by atoms with Crippen molar-refractivity contribution in [1.82, 2.24) is 0 Å². The summed E-state index contributed by atoms with van der Waals surface area (Å²) in [4.78, 5) is 12.1. The third kappa shape index (κ3) is 1.98. The van der Waals surface area contributed by atoms with E-state index < -0.39 is 5.37 Å². The Morgan fingerprint density at radius 3 is 2.25 bits per heavy atom. The molecule has 0 aliphatic heterocycles.